The van der Waals surface area contributed by atoms with Crippen LogP contribution in [0.5, 0.6) is 11.6 Å². The second-order valence-corrected chi connectivity index (χ2v) is 6.06. The molecule has 0 unspecified atom stereocenters. The minimum atomic E-state index is -0.385. The summed E-state index contributed by atoms with van der Waals surface area (Å²) in [5.41, 5.74) is 2.98. The summed E-state index contributed by atoms with van der Waals surface area (Å²) in [4.78, 5) is 8.48. The van der Waals surface area contributed by atoms with Crippen LogP contribution in [0.25, 0.3) is 10.2 Å². The van der Waals surface area contributed by atoms with Gasteiger partial charge >= 0.3 is 0 Å². The highest BCUT2D eigenvalue weighted by atomic mass is 32.1. The lowest BCUT2D eigenvalue weighted by atomic mass is 9.89. The van der Waals surface area contributed by atoms with Crippen LogP contribution in [0.2, 0.25) is 0 Å². The largest absolute Gasteiger partial charge is 0.437 e. The fourth-order valence-electron chi connectivity index (χ4n) is 2.83. The Morgan fingerprint density at radius 2 is 2.19 bits per heavy atom. The lowest BCUT2D eigenvalue weighted by Crippen LogP contribution is -2.10. The van der Waals surface area contributed by atoms with E-state index in [2.05, 4.69) is 9.97 Å². The molecule has 1 aliphatic rings. The molecule has 0 fully saturated rings. The number of aliphatic hydroxyl groups excluding tert-OH is 1. The molecule has 3 aromatic rings. The molecule has 4 rings (SSSR count). The van der Waals surface area contributed by atoms with E-state index in [0.717, 1.165) is 46.4 Å². The normalized spacial score (nSPS) is 17.7. The van der Waals surface area contributed by atoms with Crippen LogP contribution < -0.4 is 4.74 Å². The van der Waals surface area contributed by atoms with Crippen LogP contribution in [0.3, 0.4) is 0 Å². The Morgan fingerprint density at radius 1 is 1.24 bits per heavy atom. The number of thiophene rings is 1. The fraction of sp³-hybridized carbons (Fsp3) is 0.250. The monoisotopic (exact) mass is 298 g/mol. The van der Waals surface area contributed by atoms with E-state index in [1.54, 1.807) is 11.3 Å². The van der Waals surface area contributed by atoms with Gasteiger partial charge in [-0.05, 0) is 42.3 Å². The first-order valence-electron chi connectivity index (χ1n) is 6.99. The molecule has 0 saturated carbocycles. The van der Waals surface area contributed by atoms with Crippen LogP contribution in [0.15, 0.2) is 36.0 Å². The minimum Gasteiger partial charge on any atom is -0.437 e. The van der Waals surface area contributed by atoms with Crippen molar-refractivity contribution in [1.82, 2.24) is 9.97 Å². The van der Waals surface area contributed by atoms with Crippen LogP contribution >= 0.6 is 11.3 Å². The van der Waals surface area contributed by atoms with E-state index in [1.807, 2.05) is 29.6 Å². The highest BCUT2D eigenvalue weighted by Crippen LogP contribution is 2.38. The maximum Gasteiger partial charge on any atom is 0.240 e. The molecule has 0 saturated heterocycles. The van der Waals surface area contributed by atoms with Gasteiger partial charge in [0.2, 0.25) is 5.88 Å². The van der Waals surface area contributed by atoms with Crippen molar-refractivity contribution >= 4 is 21.6 Å². The molecule has 21 heavy (non-hydrogen) atoms. The predicted octanol–water partition coefficient (Wildman–Crippen LogP) is 3.85. The number of hydrogen-bond donors (Lipinski definition) is 1. The van der Waals surface area contributed by atoms with Crippen molar-refractivity contribution in [1.29, 1.82) is 0 Å². The minimum absolute atomic E-state index is 0.385. The summed E-state index contributed by atoms with van der Waals surface area (Å²) in [5, 5.41) is 12.1. The average Bonchev–Trinajstić information content (AvgIpc) is 2.98. The zero-order chi connectivity index (χ0) is 14.2. The summed E-state index contributed by atoms with van der Waals surface area (Å²) in [7, 11) is 0. The summed E-state index contributed by atoms with van der Waals surface area (Å²) >= 11 is 1.57. The summed E-state index contributed by atoms with van der Waals surface area (Å²) in [6.45, 7) is 0. The third kappa shape index (κ3) is 2.18. The first-order valence-corrected chi connectivity index (χ1v) is 7.87. The maximum absolute atomic E-state index is 10.1. The number of nitrogens with zero attached hydrogens (tertiary/aromatic N) is 2. The van der Waals surface area contributed by atoms with Crippen LogP contribution in [-0.4, -0.2) is 15.1 Å². The van der Waals surface area contributed by atoms with Gasteiger partial charge in [0, 0.05) is 5.56 Å². The molecular formula is C16H14N2O2S. The molecule has 5 heteroatoms. The number of rotatable bonds is 2. The van der Waals surface area contributed by atoms with Gasteiger partial charge in [0.25, 0.3) is 0 Å². The molecule has 1 atom stereocenters. The highest BCUT2D eigenvalue weighted by molar-refractivity contribution is 7.17. The van der Waals surface area contributed by atoms with Crippen molar-refractivity contribution in [3.63, 3.8) is 0 Å². The van der Waals surface area contributed by atoms with Gasteiger partial charge in [0.05, 0.1) is 11.6 Å². The Bertz CT molecular complexity index is 800. The van der Waals surface area contributed by atoms with Gasteiger partial charge in [0.1, 0.15) is 16.8 Å². The third-order valence-corrected chi connectivity index (χ3v) is 4.74. The number of benzene rings is 1. The lowest BCUT2D eigenvalue weighted by Gasteiger charge is -2.23. The molecule has 0 spiro atoms. The number of ether oxygens (including phenoxy) is 1. The number of fused-ring (bicyclic) bond motifs is 2. The molecule has 0 radical (unpaired) electrons. The van der Waals surface area contributed by atoms with Crippen molar-refractivity contribution in [3.05, 3.63) is 47.1 Å². The van der Waals surface area contributed by atoms with E-state index in [4.69, 9.17) is 4.74 Å². The zero-order valence-electron chi connectivity index (χ0n) is 11.3. The zero-order valence-corrected chi connectivity index (χ0v) is 12.1. The summed E-state index contributed by atoms with van der Waals surface area (Å²) < 4.78 is 7.00. The third-order valence-electron chi connectivity index (χ3n) is 3.85. The molecule has 106 valence electrons. The molecular weight excluding hydrogens is 284 g/mol. The van der Waals surface area contributed by atoms with Gasteiger partial charge in [0.15, 0.2) is 0 Å². The molecule has 1 aliphatic carbocycles. The van der Waals surface area contributed by atoms with Crippen LogP contribution in [0.1, 0.15) is 30.1 Å². The van der Waals surface area contributed by atoms with Crippen molar-refractivity contribution in [2.24, 2.45) is 0 Å². The van der Waals surface area contributed by atoms with E-state index in [0.29, 0.717) is 5.88 Å². The quantitative estimate of drug-likeness (QED) is 0.780. The molecule has 2 aromatic heterocycles. The average molecular weight is 298 g/mol. The molecule has 0 aliphatic heterocycles. The fourth-order valence-corrected chi connectivity index (χ4v) is 3.60. The first-order chi connectivity index (χ1) is 10.3. The van der Waals surface area contributed by atoms with E-state index in [-0.39, 0.29) is 6.10 Å². The van der Waals surface area contributed by atoms with Crippen molar-refractivity contribution in [2.75, 3.05) is 0 Å². The second kappa shape index (κ2) is 5.09. The topological polar surface area (TPSA) is 55.2 Å². The summed E-state index contributed by atoms with van der Waals surface area (Å²) in [6.07, 6.45) is 3.87. The highest BCUT2D eigenvalue weighted by Gasteiger charge is 2.21. The summed E-state index contributed by atoms with van der Waals surface area (Å²) in [5.74, 6) is 1.38. The van der Waals surface area contributed by atoms with Gasteiger partial charge in [-0.15, -0.1) is 11.3 Å². The van der Waals surface area contributed by atoms with Crippen molar-refractivity contribution < 1.29 is 9.84 Å². The van der Waals surface area contributed by atoms with Gasteiger partial charge in [-0.2, -0.15) is 0 Å². The van der Waals surface area contributed by atoms with Crippen molar-refractivity contribution in [3.8, 4) is 11.6 Å². The Morgan fingerprint density at radius 3 is 3.14 bits per heavy atom. The molecule has 1 aromatic carbocycles. The van der Waals surface area contributed by atoms with Crippen LogP contribution in [-0.2, 0) is 6.42 Å². The Hall–Kier alpha value is -1.98. The van der Waals surface area contributed by atoms with Gasteiger partial charge < -0.3 is 9.84 Å². The van der Waals surface area contributed by atoms with E-state index < -0.39 is 0 Å². The molecule has 0 amide bonds. The summed E-state index contributed by atoms with van der Waals surface area (Å²) in [6, 6.07) is 7.80. The number of aliphatic hydroxyl groups is 1. The Balaban J connectivity index is 1.78. The van der Waals surface area contributed by atoms with E-state index in [9.17, 15) is 5.11 Å². The smallest absolute Gasteiger partial charge is 0.240 e. The van der Waals surface area contributed by atoms with Crippen LogP contribution in [0.4, 0.5) is 0 Å². The predicted molar refractivity (Wildman–Crippen MR) is 81.8 cm³/mol. The van der Waals surface area contributed by atoms with E-state index in [1.165, 1.54) is 6.33 Å². The Labute approximate surface area is 126 Å². The SMILES string of the molecule is O[C@H]1CCCc2c(Oc3ncnc4ccsc34)cccc21. The first kappa shape index (κ1) is 12.7. The second-order valence-electron chi connectivity index (χ2n) is 5.15. The molecule has 2 heterocycles. The maximum atomic E-state index is 10.1. The molecule has 0 bridgehead atoms. The number of aromatic nitrogens is 2. The van der Waals surface area contributed by atoms with Gasteiger partial charge in [-0.25, -0.2) is 9.97 Å². The van der Waals surface area contributed by atoms with Crippen molar-refractivity contribution in [2.45, 2.75) is 25.4 Å². The number of hydrogen-bond acceptors (Lipinski definition) is 5. The molecule has 1 N–H and O–H groups in total. The molecule has 4 nitrogen and oxygen atoms in total. The van der Waals surface area contributed by atoms with E-state index >= 15 is 0 Å². The van der Waals surface area contributed by atoms with Gasteiger partial charge in [-0.1, -0.05) is 12.1 Å². The lowest BCUT2D eigenvalue weighted by molar-refractivity contribution is 0.156. The van der Waals surface area contributed by atoms with Gasteiger partial charge in [-0.3, -0.25) is 0 Å². The van der Waals surface area contributed by atoms with Crippen LogP contribution in [0, 0.1) is 0 Å². The standard InChI is InChI=1S/C16H14N2O2S/c19-13-5-1-4-11-10(13)3-2-6-14(11)20-16-15-12(7-8-21-15)17-9-18-16/h2-3,6-9,13,19H,1,4-5H2/t13-/m0/s1. The Kier molecular flexibility index (Phi) is 3.09.